The zero-order chi connectivity index (χ0) is 17.4. The molecule has 4 nitrogen and oxygen atoms in total. The minimum Gasteiger partial charge on any atom is -0.342 e. The molecule has 0 atom stereocenters. The van der Waals surface area contributed by atoms with Crippen LogP contribution in [-0.2, 0) is 11.3 Å². The molecule has 0 aliphatic carbocycles. The number of hydrogen-bond donors (Lipinski definition) is 1. The van der Waals surface area contributed by atoms with Crippen molar-refractivity contribution in [1.29, 1.82) is 0 Å². The fourth-order valence-corrected chi connectivity index (χ4v) is 3.46. The van der Waals surface area contributed by atoms with Gasteiger partial charge in [0.25, 0.3) is 5.24 Å². The molecular weight excluding hydrogens is 339 g/mol. The topological polar surface area (TPSA) is 51.1 Å². The van der Waals surface area contributed by atoms with Crippen molar-refractivity contribution in [1.82, 2.24) is 9.88 Å². The Morgan fingerprint density at radius 3 is 2.60 bits per heavy atom. The van der Waals surface area contributed by atoms with E-state index in [1.54, 1.807) is 24.3 Å². The summed E-state index contributed by atoms with van der Waals surface area (Å²) in [6.07, 6.45) is 3.53. The predicted molar refractivity (Wildman–Crippen MR) is 96.5 cm³/mol. The van der Waals surface area contributed by atoms with Crippen LogP contribution in [0.1, 0.15) is 11.1 Å². The number of halogens is 1. The van der Waals surface area contributed by atoms with Gasteiger partial charge < -0.3 is 9.88 Å². The van der Waals surface area contributed by atoms with Gasteiger partial charge in [0, 0.05) is 40.0 Å². The molecule has 6 heteroatoms. The Kier molecular flexibility index (Phi) is 3.89. The van der Waals surface area contributed by atoms with Crippen LogP contribution in [0.15, 0.2) is 60.4 Å². The van der Waals surface area contributed by atoms with Crippen LogP contribution in [0, 0.1) is 5.82 Å². The first kappa shape index (κ1) is 15.7. The Balaban J connectivity index is 1.79. The molecule has 2 aromatic carbocycles. The van der Waals surface area contributed by atoms with E-state index in [9.17, 15) is 14.0 Å². The molecule has 1 aromatic heterocycles. The van der Waals surface area contributed by atoms with Gasteiger partial charge in [-0.1, -0.05) is 36.4 Å². The number of hydrogen-bond acceptors (Lipinski definition) is 3. The average molecular weight is 352 g/mol. The molecule has 0 bridgehead atoms. The third-order valence-electron chi connectivity index (χ3n) is 4.06. The smallest absolute Gasteiger partial charge is 0.291 e. The largest absolute Gasteiger partial charge is 0.342 e. The molecule has 1 amide bonds. The van der Waals surface area contributed by atoms with Crippen LogP contribution in [0.5, 0.6) is 0 Å². The van der Waals surface area contributed by atoms with Crippen LogP contribution >= 0.6 is 11.8 Å². The molecule has 1 saturated heterocycles. The number of rotatable bonds is 3. The van der Waals surface area contributed by atoms with Crippen molar-refractivity contribution >= 4 is 39.1 Å². The highest BCUT2D eigenvalue weighted by atomic mass is 32.2. The lowest BCUT2D eigenvalue weighted by molar-refractivity contribution is -0.107. The van der Waals surface area contributed by atoms with E-state index in [2.05, 4.69) is 5.32 Å². The number of thioether (sulfide) groups is 1. The highest BCUT2D eigenvalue weighted by Crippen LogP contribution is 2.27. The zero-order valence-electron chi connectivity index (χ0n) is 13.0. The monoisotopic (exact) mass is 352 g/mol. The average Bonchev–Trinajstić information content (AvgIpc) is 3.10. The first-order valence-electron chi connectivity index (χ1n) is 7.68. The number of fused-ring (bicyclic) bond motifs is 1. The minimum absolute atomic E-state index is 0.255. The highest BCUT2D eigenvalue weighted by Gasteiger charge is 2.25. The SMILES string of the molecule is O=C1NC(=Cc2cn(Cc3ccccc3F)c3ccccc23)C(=O)S1. The summed E-state index contributed by atoms with van der Waals surface area (Å²) < 4.78 is 15.9. The summed E-state index contributed by atoms with van der Waals surface area (Å²) in [6.45, 7) is 0.380. The van der Waals surface area contributed by atoms with Crippen LogP contribution in [0.4, 0.5) is 9.18 Å². The van der Waals surface area contributed by atoms with Crippen molar-refractivity contribution in [2.75, 3.05) is 0 Å². The molecule has 124 valence electrons. The van der Waals surface area contributed by atoms with Gasteiger partial charge in [-0.15, -0.1) is 0 Å². The Labute approximate surface area is 147 Å². The van der Waals surface area contributed by atoms with E-state index in [0.29, 0.717) is 23.9 Å². The summed E-state index contributed by atoms with van der Waals surface area (Å²) in [6, 6.07) is 14.4. The van der Waals surface area contributed by atoms with Crippen LogP contribution in [0.2, 0.25) is 0 Å². The summed E-state index contributed by atoms with van der Waals surface area (Å²) in [5.41, 5.74) is 2.59. The van der Waals surface area contributed by atoms with E-state index < -0.39 is 0 Å². The van der Waals surface area contributed by atoms with E-state index >= 15 is 0 Å². The second-order valence-corrected chi connectivity index (χ2v) is 6.63. The van der Waals surface area contributed by atoms with Gasteiger partial charge in [-0.2, -0.15) is 0 Å². The molecule has 1 N–H and O–H groups in total. The van der Waals surface area contributed by atoms with Crippen molar-refractivity contribution in [2.24, 2.45) is 0 Å². The first-order chi connectivity index (χ1) is 12.1. The zero-order valence-corrected chi connectivity index (χ0v) is 13.8. The standard InChI is InChI=1S/C19H13FN2O2S/c20-15-7-3-1-5-12(15)10-22-11-13(14-6-2-4-8-17(14)22)9-16-18(23)25-19(24)21-16/h1-9,11H,10H2,(H,21,24). The first-order valence-corrected chi connectivity index (χ1v) is 8.49. The van der Waals surface area contributed by atoms with Gasteiger partial charge in [0.2, 0.25) is 5.12 Å². The summed E-state index contributed by atoms with van der Waals surface area (Å²) in [7, 11) is 0. The number of para-hydroxylation sites is 1. The van der Waals surface area contributed by atoms with Gasteiger partial charge in [0.05, 0.1) is 12.2 Å². The Bertz CT molecular complexity index is 1040. The van der Waals surface area contributed by atoms with E-state index in [1.807, 2.05) is 35.0 Å². The summed E-state index contributed by atoms with van der Waals surface area (Å²) in [5, 5.41) is 2.82. The third-order valence-corrected chi connectivity index (χ3v) is 4.75. The number of carbonyl (C=O) groups is 2. The molecule has 1 aliphatic rings. The van der Waals surface area contributed by atoms with E-state index in [0.717, 1.165) is 16.5 Å². The molecule has 0 radical (unpaired) electrons. The van der Waals surface area contributed by atoms with Gasteiger partial charge in [-0.25, -0.2) is 4.39 Å². The van der Waals surface area contributed by atoms with E-state index in [1.165, 1.54) is 6.07 Å². The summed E-state index contributed by atoms with van der Waals surface area (Å²) in [4.78, 5) is 23.2. The number of carbonyl (C=O) groups excluding carboxylic acids is 2. The van der Waals surface area contributed by atoms with Gasteiger partial charge in [0.1, 0.15) is 5.82 Å². The number of nitrogens with one attached hydrogen (secondary N) is 1. The Morgan fingerprint density at radius 1 is 1.08 bits per heavy atom. The molecule has 0 unspecified atom stereocenters. The minimum atomic E-state index is -0.369. The second kappa shape index (κ2) is 6.22. The van der Waals surface area contributed by atoms with E-state index in [-0.39, 0.29) is 21.9 Å². The van der Waals surface area contributed by atoms with Crippen molar-refractivity contribution < 1.29 is 14.0 Å². The molecule has 4 rings (SSSR count). The van der Waals surface area contributed by atoms with Gasteiger partial charge >= 0.3 is 0 Å². The molecule has 3 aromatic rings. The van der Waals surface area contributed by atoms with Crippen molar-refractivity contribution in [3.63, 3.8) is 0 Å². The van der Waals surface area contributed by atoms with Crippen LogP contribution in [-0.4, -0.2) is 14.9 Å². The molecule has 0 saturated carbocycles. The molecule has 25 heavy (non-hydrogen) atoms. The number of benzene rings is 2. The van der Waals surface area contributed by atoms with Gasteiger partial charge in [0.15, 0.2) is 0 Å². The van der Waals surface area contributed by atoms with Crippen molar-refractivity contribution in [3.05, 3.63) is 77.4 Å². The molecular formula is C19H13FN2O2S. The fraction of sp³-hybridized carbons (Fsp3) is 0.0526. The van der Waals surface area contributed by atoms with Crippen LogP contribution in [0.25, 0.3) is 17.0 Å². The molecule has 2 heterocycles. The normalized spacial score (nSPS) is 16.0. The molecule has 0 spiro atoms. The fourth-order valence-electron chi connectivity index (χ4n) is 2.91. The molecule has 1 aliphatic heterocycles. The van der Waals surface area contributed by atoms with Gasteiger partial charge in [-0.05, 0) is 18.2 Å². The lowest BCUT2D eigenvalue weighted by Gasteiger charge is -2.06. The number of amides is 1. The number of aromatic nitrogens is 1. The van der Waals surface area contributed by atoms with Gasteiger partial charge in [-0.3, -0.25) is 9.59 Å². The Morgan fingerprint density at radius 2 is 1.84 bits per heavy atom. The van der Waals surface area contributed by atoms with Crippen molar-refractivity contribution in [3.8, 4) is 0 Å². The number of nitrogens with zero attached hydrogens (tertiary/aromatic N) is 1. The predicted octanol–water partition coefficient (Wildman–Crippen LogP) is 4.15. The van der Waals surface area contributed by atoms with E-state index in [4.69, 9.17) is 0 Å². The Hall–Kier alpha value is -2.86. The van der Waals surface area contributed by atoms with Crippen LogP contribution < -0.4 is 5.32 Å². The maximum absolute atomic E-state index is 14.0. The quantitative estimate of drug-likeness (QED) is 0.721. The maximum Gasteiger partial charge on any atom is 0.291 e. The lowest BCUT2D eigenvalue weighted by Crippen LogP contribution is -2.10. The third kappa shape index (κ3) is 2.96. The maximum atomic E-state index is 14.0. The van der Waals surface area contributed by atoms with Crippen molar-refractivity contribution in [2.45, 2.75) is 6.54 Å². The van der Waals surface area contributed by atoms with Crippen LogP contribution in [0.3, 0.4) is 0 Å². The molecule has 1 fully saturated rings. The summed E-state index contributed by atoms with van der Waals surface area (Å²) in [5.74, 6) is -0.255. The highest BCUT2D eigenvalue weighted by molar-refractivity contribution is 8.27. The second-order valence-electron chi connectivity index (χ2n) is 5.68. The summed E-state index contributed by atoms with van der Waals surface area (Å²) >= 11 is 0.651. The lowest BCUT2D eigenvalue weighted by atomic mass is 10.1.